The third kappa shape index (κ3) is 4.15. The van der Waals surface area contributed by atoms with E-state index in [1.807, 2.05) is 43.3 Å². The number of aliphatic hydroxyl groups is 1. The fourth-order valence-electron chi connectivity index (χ4n) is 0.976. The highest BCUT2D eigenvalue weighted by atomic mass is 32.2. The Labute approximate surface area is 83.5 Å². The van der Waals surface area contributed by atoms with E-state index in [-0.39, 0.29) is 6.10 Å². The van der Waals surface area contributed by atoms with E-state index in [0.717, 1.165) is 0 Å². The third-order valence-electron chi connectivity index (χ3n) is 1.58. The highest BCUT2D eigenvalue weighted by Crippen LogP contribution is 2.17. The van der Waals surface area contributed by atoms with Gasteiger partial charge in [-0.1, -0.05) is 30.4 Å². The van der Waals surface area contributed by atoms with Crippen LogP contribution in [0.3, 0.4) is 0 Å². The quantitative estimate of drug-likeness (QED) is 0.587. The lowest BCUT2D eigenvalue weighted by atomic mass is 10.4. The van der Waals surface area contributed by atoms with Gasteiger partial charge in [0.15, 0.2) is 0 Å². The molecule has 1 atom stereocenters. The van der Waals surface area contributed by atoms with E-state index in [1.54, 1.807) is 17.8 Å². The van der Waals surface area contributed by atoms with E-state index >= 15 is 0 Å². The van der Waals surface area contributed by atoms with Crippen molar-refractivity contribution in [1.29, 1.82) is 0 Å². The maximum atomic E-state index is 9.40. The van der Waals surface area contributed by atoms with Crippen molar-refractivity contribution in [3.8, 4) is 0 Å². The Balaban J connectivity index is 2.35. The van der Waals surface area contributed by atoms with E-state index < -0.39 is 0 Å². The van der Waals surface area contributed by atoms with E-state index in [2.05, 4.69) is 0 Å². The van der Waals surface area contributed by atoms with E-state index in [4.69, 9.17) is 0 Å². The molecule has 0 aromatic heterocycles. The first-order chi connectivity index (χ1) is 6.33. The van der Waals surface area contributed by atoms with Gasteiger partial charge in [0.25, 0.3) is 0 Å². The molecule has 0 fully saturated rings. The molecule has 0 aliphatic rings. The SMILES string of the molecule is C/C=C/[C@H](O)CSc1ccccc1. The highest BCUT2D eigenvalue weighted by Gasteiger charge is 1.99. The van der Waals surface area contributed by atoms with Crippen LogP contribution in [0.2, 0.25) is 0 Å². The molecule has 1 aromatic carbocycles. The molecule has 1 rings (SSSR count). The predicted octanol–water partition coefficient (Wildman–Crippen LogP) is 2.72. The molecular formula is C11H14OS. The van der Waals surface area contributed by atoms with Crippen molar-refractivity contribution in [1.82, 2.24) is 0 Å². The van der Waals surface area contributed by atoms with Crippen molar-refractivity contribution >= 4 is 11.8 Å². The summed E-state index contributed by atoms with van der Waals surface area (Å²) in [7, 11) is 0. The van der Waals surface area contributed by atoms with Crippen LogP contribution in [0.1, 0.15) is 6.92 Å². The summed E-state index contributed by atoms with van der Waals surface area (Å²) in [6.45, 7) is 1.91. The molecule has 70 valence electrons. The standard InChI is InChI=1S/C11H14OS/c1-2-6-10(12)9-13-11-7-4-3-5-8-11/h2-8,10,12H,9H2,1H3/b6-2+/t10-/m0/s1. The molecule has 2 heteroatoms. The van der Waals surface area contributed by atoms with Crippen LogP contribution in [0.25, 0.3) is 0 Å². The van der Waals surface area contributed by atoms with Crippen molar-refractivity contribution in [3.63, 3.8) is 0 Å². The number of allylic oxidation sites excluding steroid dienone is 1. The summed E-state index contributed by atoms with van der Waals surface area (Å²) in [6, 6.07) is 10.1. The monoisotopic (exact) mass is 194 g/mol. The normalized spacial score (nSPS) is 13.4. The van der Waals surface area contributed by atoms with Gasteiger partial charge in [-0.2, -0.15) is 0 Å². The molecule has 1 N–H and O–H groups in total. The van der Waals surface area contributed by atoms with Gasteiger partial charge < -0.3 is 5.11 Å². The van der Waals surface area contributed by atoms with Crippen molar-refractivity contribution in [2.45, 2.75) is 17.9 Å². The molecule has 0 saturated carbocycles. The first-order valence-electron chi connectivity index (χ1n) is 4.31. The molecule has 0 saturated heterocycles. The van der Waals surface area contributed by atoms with Gasteiger partial charge >= 0.3 is 0 Å². The van der Waals surface area contributed by atoms with Crippen LogP contribution in [-0.2, 0) is 0 Å². The molecule has 1 nitrogen and oxygen atoms in total. The molecule has 0 unspecified atom stereocenters. The Morgan fingerprint density at radius 3 is 2.69 bits per heavy atom. The van der Waals surface area contributed by atoms with E-state index in [1.165, 1.54) is 4.90 Å². The smallest absolute Gasteiger partial charge is 0.0814 e. The summed E-state index contributed by atoms with van der Waals surface area (Å²) < 4.78 is 0. The maximum absolute atomic E-state index is 9.40. The Morgan fingerprint density at radius 2 is 2.08 bits per heavy atom. The summed E-state index contributed by atoms with van der Waals surface area (Å²) in [6.07, 6.45) is 3.34. The molecule has 0 aliphatic carbocycles. The lowest BCUT2D eigenvalue weighted by Gasteiger charge is -2.04. The van der Waals surface area contributed by atoms with Crippen LogP contribution in [0.5, 0.6) is 0 Å². The fourth-order valence-corrected chi connectivity index (χ4v) is 1.80. The zero-order valence-corrected chi connectivity index (χ0v) is 8.50. The molecule has 0 radical (unpaired) electrons. The van der Waals surface area contributed by atoms with Gasteiger partial charge in [-0.25, -0.2) is 0 Å². The van der Waals surface area contributed by atoms with Crippen molar-refractivity contribution in [3.05, 3.63) is 42.5 Å². The average molecular weight is 194 g/mol. The zero-order valence-electron chi connectivity index (χ0n) is 7.68. The number of hydrogen-bond acceptors (Lipinski definition) is 2. The van der Waals surface area contributed by atoms with Crippen LogP contribution >= 0.6 is 11.8 Å². The van der Waals surface area contributed by atoms with Gasteiger partial charge in [0.2, 0.25) is 0 Å². The van der Waals surface area contributed by atoms with Gasteiger partial charge in [-0.3, -0.25) is 0 Å². The van der Waals surface area contributed by atoms with E-state index in [9.17, 15) is 5.11 Å². The van der Waals surface area contributed by atoms with E-state index in [0.29, 0.717) is 5.75 Å². The first-order valence-corrected chi connectivity index (χ1v) is 5.30. The summed E-state index contributed by atoms with van der Waals surface area (Å²) in [5.74, 6) is 0.717. The summed E-state index contributed by atoms with van der Waals surface area (Å²) >= 11 is 1.67. The summed E-state index contributed by atoms with van der Waals surface area (Å²) in [4.78, 5) is 1.20. The number of thioether (sulfide) groups is 1. The largest absolute Gasteiger partial charge is 0.388 e. The fraction of sp³-hybridized carbons (Fsp3) is 0.273. The Morgan fingerprint density at radius 1 is 1.38 bits per heavy atom. The van der Waals surface area contributed by atoms with Crippen molar-refractivity contribution in [2.75, 3.05) is 5.75 Å². The Bertz CT molecular complexity index is 256. The van der Waals surface area contributed by atoms with Crippen molar-refractivity contribution < 1.29 is 5.11 Å². The van der Waals surface area contributed by atoms with Crippen LogP contribution in [0, 0.1) is 0 Å². The molecule has 0 amide bonds. The Kier molecular flexibility index (Phi) is 4.65. The lowest BCUT2D eigenvalue weighted by Crippen LogP contribution is -2.04. The molecule has 0 heterocycles. The van der Waals surface area contributed by atoms with Crippen LogP contribution in [-0.4, -0.2) is 17.0 Å². The summed E-state index contributed by atoms with van der Waals surface area (Å²) in [5, 5.41) is 9.40. The average Bonchev–Trinajstić information content (AvgIpc) is 2.17. The number of benzene rings is 1. The third-order valence-corrected chi connectivity index (χ3v) is 2.69. The second-order valence-electron chi connectivity index (χ2n) is 2.72. The first kappa shape index (κ1) is 10.4. The second kappa shape index (κ2) is 5.84. The zero-order chi connectivity index (χ0) is 9.52. The highest BCUT2D eigenvalue weighted by molar-refractivity contribution is 7.99. The molecule has 13 heavy (non-hydrogen) atoms. The minimum atomic E-state index is -0.338. The van der Waals surface area contributed by atoms with Gasteiger partial charge in [-0.05, 0) is 19.1 Å². The van der Waals surface area contributed by atoms with Crippen LogP contribution in [0.15, 0.2) is 47.4 Å². The molecule has 1 aromatic rings. The lowest BCUT2D eigenvalue weighted by molar-refractivity contribution is 0.248. The molecule has 0 aliphatic heterocycles. The minimum Gasteiger partial charge on any atom is -0.388 e. The minimum absolute atomic E-state index is 0.338. The predicted molar refractivity (Wildman–Crippen MR) is 58.0 cm³/mol. The number of aliphatic hydroxyl groups excluding tert-OH is 1. The van der Waals surface area contributed by atoms with Gasteiger partial charge in [0.1, 0.15) is 0 Å². The van der Waals surface area contributed by atoms with Crippen LogP contribution < -0.4 is 0 Å². The molecular weight excluding hydrogens is 180 g/mol. The topological polar surface area (TPSA) is 20.2 Å². The second-order valence-corrected chi connectivity index (χ2v) is 3.81. The summed E-state index contributed by atoms with van der Waals surface area (Å²) in [5.41, 5.74) is 0. The molecule has 0 bridgehead atoms. The molecule has 0 spiro atoms. The van der Waals surface area contributed by atoms with Crippen LogP contribution in [0.4, 0.5) is 0 Å². The van der Waals surface area contributed by atoms with Gasteiger partial charge in [0.05, 0.1) is 6.10 Å². The maximum Gasteiger partial charge on any atom is 0.0814 e. The Hall–Kier alpha value is -0.730. The van der Waals surface area contributed by atoms with Gasteiger partial charge in [0, 0.05) is 10.6 Å². The van der Waals surface area contributed by atoms with Crippen molar-refractivity contribution in [2.24, 2.45) is 0 Å². The number of rotatable bonds is 4. The number of hydrogen-bond donors (Lipinski definition) is 1. The van der Waals surface area contributed by atoms with Gasteiger partial charge in [-0.15, -0.1) is 11.8 Å².